The van der Waals surface area contributed by atoms with Crippen molar-refractivity contribution in [2.24, 2.45) is 5.92 Å². The number of rotatable bonds is 6. The van der Waals surface area contributed by atoms with Gasteiger partial charge in [0.1, 0.15) is 5.82 Å². The highest BCUT2D eigenvalue weighted by Gasteiger charge is 2.20. The Morgan fingerprint density at radius 2 is 2.42 bits per heavy atom. The first-order valence-electron chi connectivity index (χ1n) is 7.17. The van der Waals surface area contributed by atoms with Crippen LogP contribution in [0.3, 0.4) is 0 Å². The summed E-state index contributed by atoms with van der Waals surface area (Å²) in [5.74, 6) is 1.84. The summed E-state index contributed by atoms with van der Waals surface area (Å²) in [6, 6.07) is 4.23. The van der Waals surface area contributed by atoms with E-state index in [1.54, 1.807) is 7.11 Å². The molecule has 1 aliphatic rings. The number of piperidine rings is 1. The number of nitrogens with zero attached hydrogens (tertiary/aromatic N) is 2. The molecule has 1 atom stereocenters. The van der Waals surface area contributed by atoms with Gasteiger partial charge in [0.05, 0.1) is 6.61 Å². The van der Waals surface area contributed by atoms with Crippen LogP contribution in [-0.4, -0.2) is 44.9 Å². The topological polar surface area (TPSA) is 37.4 Å². The Hall–Kier alpha value is -1.13. The SMILES string of the molecule is COCCNCC1CCCN(c2cc(C)ccn2)C1. The largest absolute Gasteiger partial charge is 0.383 e. The Labute approximate surface area is 116 Å². The first-order chi connectivity index (χ1) is 9.29. The van der Waals surface area contributed by atoms with E-state index in [2.05, 4.69) is 34.3 Å². The molecule has 1 fully saturated rings. The van der Waals surface area contributed by atoms with Gasteiger partial charge in [-0.15, -0.1) is 0 Å². The average molecular weight is 263 g/mol. The molecule has 1 saturated heterocycles. The maximum absolute atomic E-state index is 5.05. The van der Waals surface area contributed by atoms with E-state index in [0.29, 0.717) is 5.92 Å². The number of aromatic nitrogens is 1. The Kier molecular flexibility index (Phi) is 5.61. The lowest BCUT2D eigenvalue weighted by Gasteiger charge is -2.33. The second-order valence-corrected chi connectivity index (χ2v) is 5.34. The number of methoxy groups -OCH3 is 1. The molecule has 0 saturated carbocycles. The maximum atomic E-state index is 5.05. The van der Waals surface area contributed by atoms with Crippen molar-refractivity contribution < 1.29 is 4.74 Å². The van der Waals surface area contributed by atoms with Gasteiger partial charge in [0.15, 0.2) is 0 Å². The third-order valence-electron chi connectivity index (χ3n) is 3.66. The van der Waals surface area contributed by atoms with E-state index in [-0.39, 0.29) is 0 Å². The first kappa shape index (κ1) is 14.3. The van der Waals surface area contributed by atoms with Crippen LogP contribution >= 0.6 is 0 Å². The predicted octanol–water partition coefficient (Wildman–Crippen LogP) is 1.84. The quantitative estimate of drug-likeness (QED) is 0.795. The van der Waals surface area contributed by atoms with E-state index >= 15 is 0 Å². The van der Waals surface area contributed by atoms with E-state index in [0.717, 1.165) is 38.6 Å². The molecule has 4 nitrogen and oxygen atoms in total. The molecule has 19 heavy (non-hydrogen) atoms. The number of ether oxygens (including phenoxy) is 1. The molecular formula is C15H25N3O. The normalized spacial score (nSPS) is 19.7. The fraction of sp³-hybridized carbons (Fsp3) is 0.667. The smallest absolute Gasteiger partial charge is 0.128 e. The molecule has 0 spiro atoms. The summed E-state index contributed by atoms with van der Waals surface area (Å²) in [6.45, 7) is 7.16. The monoisotopic (exact) mass is 263 g/mol. The van der Waals surface area contributed by atoms with Crippen molar-refractivity contribution in [3.8, 4) is 0 Å². The van der Waals surface area contributed by atoms with Gasteiger partial charge in [-0.05, 0) is 49.9 Å². The van der Waals surface area contributed by atoms with Gasteiger partial charge in [0, 0.05) is 32.9 Å². The third kappa shape index (κ3) is 4.48. The fourth-order valence-corrected chi connectivity index (χ4v) is 2.61. The van der Waals surface area contributed by atoms with Crippen LogP contribution in [0, 0.1) is 12.8 Å². The van der Waals surface area contributed by atoms with E-state index in [9.17, 15) is 0 Å². The van der Waals surface area contributed by atoms with Crippen LogP contribution in [0.25, 0.3) is 0 Å². The van der Waals surface area contributed by atoms with Gasteiger partial charge >= 0.3 is 0 Å². The molecule has 1 aromatic rings. The van der Waals surface area contributed by atoms with Crippen molar-refractivity contribution in [1.82, 2.24) is 10.3 Å². The summed E-state index contributed by atoms with van der Waals surface area (Å²) in [5.41, 5.74) is 1.28. The number of nitrogens with one attached hydrogen (secondary N) is 1. The molecule has 1 unspecified atom stereocenters. The fourth-order valence-electron chi connectivity index (χ4n) is 2.61. The number of hydrogen-bond donors (Lipinski definition) is 1. The van der Waals surface area contributed by atoms with E-state index in [1.165, 1.54) is 18.4 Å². The minimum Gasteiger partial charge on any atom is -0.383 e. The second-order valence-electron chi connectivity index (χ2n) is 5.34. The third-order valence-corrected chi connectivity index (χ3v) is 3.66. The van der Waals surface area contributed by atoms with Gasteiger partial charge in [-0.3, -0.25) is 0 Å². The number of pyridine rings is 1. The molecule has 0 amide bonds. The summed E-state index contributed by atoms with van der Waals surface area (Å²) in [7, 11) is 1.74. The van der Waals surface area contributed by atoms with Crippen LogP contribution in [0.2, 0.25) is 0 Å². The van der Waals surface area contributed by atoms with Crippen molar-refractivity contribution in [2.45, 2.75) is 19.8 Å². The molecule has 4 heteroatoms. The molecule has 1 N–H and O–H groups in total. The minimum absolute atomic E-state index is 0.716. The first-order valence-corrected chi connectivity index (χ1v) is 7.17. The van der Waals surface area contributed by atoms with Gasteiger partial charge in [-0.1, -0.05) is 0 Å². The number of hydrogen-bond acceptors (Lipinski definition) is 4. The van der Waals surface area contributed by atoms with E-state index in [1.807, 2.05) is 6.20 Å². The minimum atomic E-state index is 0.716. The molecule has 0 bridgehead atoms. The Morgan fingerprint density at radius 3 is 3.21 bits per heavy atom. The summed E-state index contributed by atoms with van der Waals surface area (Å²) in [4.78, 5) is 6.91. The van der Waals surface area contributed by atoms with Crippen LogP contribution in [0.4, 0.5) is 5.82 Å². The zero-order valence-corrected chi connectivity index (χ0v) is 12.1. The van der Waals surface area contributed by atoms with Gasteiger partial charge in [-0.2, -0.15) is 0 Å². The molecule has 2 rings (SSSR count). The van der Waals surface area contributed by atoms with Gasteiger partial charge in [0.25, 0.3) is 0 Å². The van der Waals surface area contributed by atoms with Crippen LogP contribution in [0.1, 0.15) is 18.4 Å². The van der Waals surface area contributed by atoms with Crippen LogP contribution in [-0.2, 0) is 4.74 Å². The van der Waals surface area contributed by atoms with Crippen molar-refractivity contribution in [3.63, 3.8) is 0 Å². The lowest BCUT2D eigenvalue weighted by Crippen LogP contribution is -2.40. The van der Waals surface area contributed by atoms with E-state index in [4.69, 9.17) is 4.74 Å². The average Bonchev–Trinajstić information content (AvgIpc) is 2.44. The predicted molar refractivity (Wildman–Crippen MR) is 78.7 cm³/mol. The molecule has 1 aliphatic heterocycles. The van der Waals surface area contributed by atoms with Gasteiger partial charge < -0.3 is 15.0 Å². The Balaban J connectivity index is 1.83. The summed E-state index contributed by atoms with van der Waals surface area (Å²) in [6.07, 6.45) is 4.47. The number of anilines is 1. The lowest BCUT2D eigenvalue weighted by atomic mass is 9.98. The molecule has 106 valence electrons. The van der Waals surface area contributed by atoms with Crippen molar-refractivity contribution in [1.29, 1.82) is 0 Å². The van der Waals surface area contributed by atoms with Crippen LogP contribution in [0.15, 0.2) is 18.3 Å². The van der Waals surface area contributed by atoms with Crippen molar-refractivity contribution >= 4 is 5.82 Å². The van der Waals surface area contributed by atoms with Crippen molar-refractivity contribution in [2.75, 3.05) is 44.8 Å². The highest BCUT2D eigenvalue weighted by molar-refractivity contribution is 5.41. The summed E-state index contributed by atoms with van der Waals surface area (Å²) in [5, 5.41) is 3.47. The summed E-state index contributed by atoms with van der Waals surface area (Å²) >= 11 is 0. The second kappa shape index (κ2) is 7.46. The van der Waals surface area contributed by atoms with Crippen LogP contribution < -0.4 is 10.2 Å². The maximum Gasteiger partial charge on any atom is 0.128 e. The summed E-state index contributed by atoms with van der Waals surface area (Å²) < 4.78 is 5.05. The zero-order valence-electron chi connectivity index (χ0n) is 12.1. The molecule has 0 radical (unpaired) electrons. The number of aryl methyl sites for hydroxylation is 1. The van der Waals surface area contributed by atoms with Crippen LogP contribution in [0.5, 0.6) is 0 Å². The molecule has 1 aromatic heterocycles. The molecule has 0 aromatic carbocycles. The standard InChI is InChI=1S/C15H25N3O/c1-13-5-6-17-15(10-13)18-8-3-4-14(12-18)11-16-7-9-19-2/h5-6,10,14,16H,3-4,7-9,11-12H2,1-2H3. The highest BCUT2D eigenvalue weighted by Crippen LogP contribution is 2.21. The Bertz CT molecular complexity index is 383. The lowest BCUT2D eigenvalue weighted by molar-refractivity contribution is 0.197. The molecule has 0 aliphatic carbocycles. The molecule has 2 heterocycles. The van der Waals surface area contributed by atoms with E-state index < -0.39 is 0 Å². The Morgan fingerprint density at radius 1 is 1.53 bits per heavy atom. The van der Waals surface area contributed by atoms with Crippen molar-refractivity contribution in [3.05, 3.63) is 23.9 Å². The zero-order chi connectivity index (χ0) is 13.5. The van der Waals surface area contributed by atoms with Gasteiger partial charge in [-0.25, -0.2) is 4.98 Å². The molecular weight excluding hydrogens is 238 g/mol. The van der Waals surface area contributed by atoms with Gasteiger partial charge in [0.2, 0.25) is 0 Å². The highest BCUT2D eigenvalue weighted by atomic mass is 16.5.